The molecule has 0 atom stereocenters. The molecule has 0 unspecified atom stereocenters. The lowest BCUT2D eigenvalue weighted by atomic mass is 9.92. The topological polar surface area (TPSA) is 38.9 Å². The Balaban J connectivity index is 1.17. The van der Waals surface area contributed by atoms with Crippen LogP contribution in [-0.2, 0) is 0 Å². The first-order chi connectivity index (χ1) is 22.5. The van der Waals surface area contributed by atoms with E-state index in [1.54, 1.807) is 12.4 Å². The van der Waals surface area contributed by atoms with Gasteiger partial charge in [0.2, 0.25) is 0 Å². The molecule has 0 amide bonds. The van der Waals surface area contributed by atoms with Crippen molar-refractivity contribution in [3.05, 3.63) is 144 Å². The fourth-order valence-corrected chi connectivity index (χ4v) is 7.44. The van der Waals surface area contributed by atoms with E-state index in [0.29, 0.717) is 0 Å². The largest absolute Gasteiger partial charge is 0.456 e. The summed E-state index contributed by atoms with van der Waals surface area (Å²) in [5.41, 5.74) is 14.8. The van der Waals surface area contributed by atoms with Gasteiger partial charge in [-0.2, -0.15) is 0 Å². The van der Waals surface area contributed by atoms with Gasteiger partial charge in [0.05, 0.1) is 11.0 Å². The molecule has 0 fully saturated rings. The molecule has 3 heteroatoms. The van der Waals surface area contributed by atoms with Crippen molar-refractivity contribution in [2.45, 2.75) is 20.8 Å². The molecule has 46 heavy (non-hydrogen) atoms. The minimum Gasteiger partial charge on any atom is -0.456 e. The van der Waals surface area contributed by atoms with Crippen molar-refractivity contribution in [3.8, 4) is 33.4 Å². The SMILES string of the molecule is Cc1cc(C)c(-c2ccc3oc4ccc(-c5cccc(-c6ccc7c(c6)c6ccccc6c6nccnc76)c5)cc4c3c2)c(C)c1. The Labute approximate surface area is 266 Å². The molecule has 0 aliphatic heterocycles. The standard InChI is InChI=1S/C43H30N2O/c1-25-19-26(2)41(27(3)20-25)32-13-16-40-38(24-32)37-23-31(12-15-39(37)46-40)29-8-6-7-28(21-29)30-11-14-35-36(22-30)33-9-4-5-10-34(33)42-43(35)45-18-17-44-42/h4-24H,1-3H3. The van der Waals surface area contributed by atoms with Crippen LogP contribution in [0.2, 0.25) is 0 Å². The third-order valence-electron chi connectivity index (χ3n) is 9.41. The van der Waals surface area contributed by atoms with Crippen LogP contribution in [0.15, 0.2) is 132 Å². The van der Waals surface area contributed by atoms with E-state index in [1.807, 2.05) is 0 Å². The Hall–Kier alpha value is -5.80. The molecule has 2 aromatic heterocycles. The van der Waals surface area contributed by atoms with Gasteiger partial charge in [-0.15, -0.1) is 0 Å². The molecule has 9 aromatic rings. The second-order valence-electron chi connectivity index (χ2n) is 12.4. The highest BCUT2D eigenvalue weighted by molar-refractivity contribution is 6.23. The van der Waals surface area contributed by atoms with E-state index in [4.69, 9.17) is 9.40 Å². The van der Waals surface area contributed by atoms with Crippen LogP contribution >= 0.6 is 0 Å². The Bertz CT molecular complexity index is 2620. The molecule has 0 radical (unpaired) electrons. The first-order valence-corrected chi connectivity index (χ1v) is 15.7. The summed E-state index contributed by atoms with van der Waals surface area (Å²) in [4.78, 5) is 9.41. The first-order valence-electron chi connectivity index (χ1n) is 15.7. The maximum atomic E-state index is 6.30. The van der Waals surface area contributed by atoms with Crippen LogP contribution in [-0.4, -0.2) is 9.97 Å². The number of rotatable bonds is 3. The lowest BCUT2D eigenvalue weighted by Gasteiger charge is -2.12. The average Bonchev–Trinajstić information content (AvgIpc) is 3.45. The summed E-state index contributed by atoms with van der Waals surface area (Å²) in [5.74, 6) is 0. The lowest BCUT2D eigenvalue weighted by molar-refractivity contribution is 0.669. The number of hydrogen-bond acceptors (Lipinski definition) is 3. The van der Waals surface area contributed by atoms with Gasteiger partial charge in [-0.25, -0.2) is 0 Å². The van der Waals surface area contributed by atoms with Crippen molar-refractivity contribution in [2.75, 3.05) is 0 Å². The number of furan rings is 1. The molecule has 0 aliphatic rings. The van der Waals surface area contributed by atoms with Crippen LogP contribution in [0.3, 0.4) is 0 Å². The normalized spacial score (nSPS) is 11.8. The number of nitrogens with zero attached hydrogens (tertiary/aromatic N) is 2. The average molecular weight is 591 g/mol. The van der Waals surface area contributed by atoms with Crippen LogP contribution in [0.4, 0.5) is 0 Å². The van der Waals surface area contributed by atoms with Crippen molar-refractivity contribution < 1.29 is 4.42 Å². The number of hydrogen-bond donors (Lipinski definition) is 0. The molecule has 0 aliphatic carbocycles. The molecule has 2 heterocycles. The Kier molecular flexibility index (Phi) is 5.85. The molecule has 3 nitrogen and oxygen atoms in total. The van der Waals surface area contributed by atoms with E-state index in [-0.39, 0.29) is 0 Å². The predicted octanol–water partition coefficient (Wildman–Crippen LogP) is 11.8. The van der Waals surface area contributed by atoms with E-state index in [9.17, 15) is 0 Å². The summed E-state index contributed by atoms with van der Waals surface area (Å²) in [6.07, 6.45) is 3.55. The Morgan fingerprint density at radius 2 is 0.935 bits per heavy atom. The highest BCUT2D eigenvalue weighted by Crippen LogP contribution is 2.39. The maximum Gasteiger partial charge on any atom is 0.135 e. The van der Waals surface area contributed by atoms with Gasteiger partial charge in [-0.05, 0) is 112 Å². The summed E-state index contributed by atoms with van der Waals surface area (Å²) >= 11 is 0. The molecule has 218 valence electrons. The van der Waals surface area contributed by atoms with Gasteiger partial charge < -0.3 is 4.42 Å². The molecular formula is C43H30N2O. The van der Waals surface area contributed by atoms with Gasteiger partial charge >= 0.3 is 0 Å². The van der Waals surface area contributed by atoms with Gasteiger partial charge in [0.1, 0.15) is 11.2 Å². The Morgan fingerprint density at radius 3 is 1.61 bits per heavy atom. The quantitative estimate of drug-likeness (QED) is 0.192. The minimum atomic E-state index is 0.904. The van der Waals surface area contributed by atoms with Gasteiger partial charge in [0, 0.05) is 33.9 Å². The van der Waals surface area contributed by atoms with Crippen LogP contribution in [0, 0.1) is 20.8 Å². The summed E-state index contributed by atoms with van der Waals surface area (Å²) < 4.78 is 6.30. The van der Waals surface area contributed by atoms with Crippen molar-refractivity contribution in [3.63, 3.8) is 0 Å². The van der Waals surface area contributed by atoms with Crippen molar-refractivity contribution in [1.82, 2.24) is 9.97 Å². The smallest absolute Gasteiger partial charge is 0.135 e. The molecule has 7 aromatic carbocycles. The van der Waals surface area contributed by atoms with Gasteiger partial charge in [-0.1, -0.05) is 84.4 Å². The number of aryl methyl sites for hydroxylation is 3. The number of fused-ring (bicyclic) bond motifs is 9. The number of aromatic nitrogens is 2. The third kappa shape index (κ3) is 4.13. The summed E-state index contributed by atoms with van der Waals surface area (Å²) in [6, 6.07) is 41.7. The second kappa shape index (κ2) is 10.1. The van der Waals surface area contributed by atoms with E-state index >= 15 is 0 Å². The van der Waals surface area contributed by atoms with Crippen LogP contribution in [0.1, 0.15) is 16.7 Å². The van der Waals surface area contributed by atoms with E-state index in [1.165, 1.54) is 55.3 Å². The molecule has 0 spiro atoms. The fraction of sp³-hybridized carbons (Fsp3) is 0.0698. The van der Waals surface area contributed by atoms with Crippen LogP contribution in [0.25, 0.3) is 87.9 Å². The third-order valence-corrected chi connectivity index (χ3v) is 9.41. The lowest BCUT2D eigenvalue weighted by Crippen LogP contribution is -1.90. The predicted molar refractivity (Wildman–Crippen MR) is 192 cm³/mol. The first kappa shape index (κ1) is 26.6. The highest BCUT2D eigenvalue weighted by Gasteiger charge is 2.14. The monoisotopic (exact) mass is 590 g/mol. The van der Waals surface area contributed by atoms with Crippen molar-refractivity contribution >= 4 is 54.5 Å². The van der Waals surface area contributed by atoms with Gasteiger partial charge in [0.25, 0.3) is 0 Å². The van der Waals surface area contributed by atoms with E-state index in [2.05, 4.69) is 141 Å². The fourth-order valence-electron chi connectivity index (χ4n) is 7.44. The molecule has 0 saturated heterocycles. The molecule has 9 rings (SSSR count). The van der Waals surface area contributed by atoms with Gasteiger partial charge in [-0.3, -0.25) is 9.97 Å². The van der Waals surface area contributed by atoms with E-state index < -0.39 is 0 Å². The summed E-state index contributed by atoms with van der Waals surface area (Å²) in [6.45, 7) is 6.56. The van der Waals surface area contributed by atoms with Crippen LogP contribution < -0.4 is 0 Å². The minimum absolute atomic E-state index is 0.904. The van der Waals surface area contributed by atoms with Crippen molar-refractivity contribution in [2.24, 2.45) is 0 Å². The molecule has 0 saturated carbocycles. The zero-order valence-electron chi connectivity index (χ0n) is 25.9. The van der Waals surface area contributed by atoms with Crippen molar-refractivity contribution in [1.29, 1.82) is 0 Å². The molecule has 0 bridgehead atoms. The zero-order valence-corrected chi connectivity index (χ0v) is 25.9. The second-order valence-corrected chi connectivity index (χ2v) is 12.4. The molecular weight excluding hydrogens is 560 g/mol. The molecule has 0 N–H and O–H groups in total. The Morgan fingerprint density at radius 1 is 0.413 bits per heavy atom. The summed E-state index contributed by atoms with van der Waals surface area (Å²) in [7, 11) is 0. The van der Waals surface area contributed by atoms with E-state index in [0.717, 1.165) is 49.3 Å². The van der Waals surface area contributed by atoms with Gasteiger partial charge in [0.15, 0.2) is 0 Å². The maximum absolute atomic E-state index is 6.30. The number of benzene rings is 7. The highest BCUT2D eigenvalue weighted by atomic mass is 16.3. The zero-order chi connectivity index (χ0) is 30.9. The van der Waals surface area contributed by atoms with Crippen LogP contribution in [0.5, 0.6) is 0 Å². The summed E-state index contributed by atoms with van der Waals surface area (Å²) in [5, 5.41) is 6.90.